The van der Waals surface area contributed by atoms with Crippen molar-refractivity contribution >= 4 is 35.2 Å². The molecule has 7 rings (SSSR count). The summed E-state index contributed by atoms with van der Waals surface area (Å²) in [6.07, 6.45) is 4.18. The minimum Gasteiger partial charge on any atom is -0.469 e. The van der Waals surface area contributed by atoms with Crippen molar-refractivity contribution < 1.29 is 33.7 Å². The van der Waals surface area contributed by atoms with Crippen molar-refractivity contribution in [1.29, 1.82) is 0 Å². The maximum Gasteiger partial charge on any atom is 0.141 e. The monoisotopic (exact) mass is 851 g/mol. The average Bonchev–Trinajstić information content (AvgIpc) is 3.44. The van der Waals surface area contributed by atoms with Crippen molar-refractivity contribution in [2.24, 2.45) is 0 Å². The van der Waals surface area contributed by atoms with Crippen LogP contribution < -0.4 is 14.3 Å². The standard InChI is InChI=1S/C25H18NO.C20H28NSi.Ir/c1-17-14-15-21-20-12-8-11-19(18-9-4-3-5-10-18)24(20)27-25(21)23(17)22-13-6-7-16-26(22)2;1-14(2)18-12-19(17-10-9-15(3)11-16(17)4)21(5)13-20(18)22(6,7)8;/h3-16H,1-2H2;9-14H,4-5H2,1-3,6-8H3;/q2*-1;. The fourth-order valence-corrected chi connectivity index (χ4v) is 8.42. The molecule has 0 aliphatic heterocycles. The zero-order valence-corrected chi connectivity index (χ0v) is 33.4. The summed E-state index contributed by atoms with van der Waals surface area (Å²) < 4.78 is 10.4. The van der Waals surface area contributed by atoms with Crippen molar-refractivity contribution in [3.63, 3.8) is 0 Å². The van der Waals surface area contributed by atoms with Gasteiger partial charge in [0.15, 0.2) is 0 Å². The summed E-state index contributed by atoms with van der Waals surface area (Å²) in [6, 6.07) is 35.6. The molecule has 3 nitrogen and oxygen atoms in total. The molecule has 0 fully saturated rings. The Balaban J connectivity index is 0.000000195. The summed E-state index contributed by atoms with van der Waals surface area (Å²) in [5.41, 5.74) is 13.0. The van der Waals surface area contributed by atoms with Gasteiger partial charge in [-0.1, -0.05) is 130 Å². The number of aryl methyl sites for hydroxylation is 1. The second-order valence-electron chi connectivity index (χ2n) is 14.2. The van der Waals surface area contributed by atoms with E-state index in [4.69, 9.17) is 4.42 Å². The second-order valence-corrected chi connectivity index (χ2v) is 19.3. The van der Waals surface area contributed by atoms with Crippen LogP contribution in [0.1, 0.15) is 42.0 Å². The molecule has 0 aliphatic rings. The Hall–Kier alpha value is -4.67. The fraction of sp³-hybridized carbons (Fsp3) is 0.156. The first-order chi connectivity index (χ1) is 23.3. The minimum atomic E-state index is -1.39. The van der Waals surface area contributed by atoms with E-state index in [-0.39, 0.29) is 20.1 Å². The predicted molar refractivity (Wildman–Crippen MR) is 209 cm³/mol. The number of nitrogens with zero attached hydrogens (tertiary/aromatic N) is 2. The molecule has 0 bridgehead atoms. The molecule has 257 valence electrons. The van der Waals surface area contributed by atoms with Crippen LogP contribution in [0.2, 0.25) is 19.6 Å². The van der Waals surface area contributed by atoms with Gasteiger partial charge in [0, 0.05) is 50.5 Å². The largest absolute Gasteiger partial charge is 0.469 e. The molecule has 50 heavy (non-hydrogen) atoms. The predicted octanol–water partition coefficient (Wildman–Crippen LogP) is 10.5. The number of benzene rings is 4. The van der Waals surface area contributed by atoms with Gasteiger partial charge in [0.05, 0.1) is 37.4 Å². The molecule has 1 radical (unpaired) electrons. The molecule has 3 heterocycles. The van der Waals surface area contributed by atoms with Gasteiger partial charge in [0.2, 0.25) is 0 Å². The SMILES string of the molecule is [CH2-]c1cc(C)ccc1-c1cc(C(C)C)c([Si](C)(C)C)c[n+]1[CH2-].[CH2-]c1ccc2c(oc3c(-c4ccccc4)cccc32)c1-c1cccc[n+]1[CH2-].[Ir]. The van der Waals surface area contributed by atoms with Crippen molar-refractivity contribution in [2.45, 2.75) is 46.3 Å². The Morgan fingerprint density at radius 2 is 1.36 bits per heavy atom. The number of pyridine rings is 2. The quantitative estimate of drug-likeness (QED) is 0.0960. The minimum absolute atomic E-state index is 0. The molecule has 0 unspecified atom stereocenters. The van der Waals surface area contributed by atoms with Crippen molar-refractivity contribution in [2.75, 3.05) is 0 Å². The normalized spacial score (nSPS) is 11.3. The Kier molecular flexibility index (Phi) is 10.7. The first-order valence-electron chi connectivity index (χ1n) is 16.9. The van der Waals surface area contributed by atoms with Crippen LogP contribution in [0.5, 0.6) is 0 Å². The fourth-order valence-electron chi connectivity index (χ4n) is 6.65. The number of hydrogen-bond acceptors (Lipinski definition) is 1. The number of fused-ring (bicyclic) bond motifs is 3. The van der Waals surface area contributed by atoms with Crippen LogP contribution >= 0.6 is 0 Å². The summed E-state index contributed by atoms with van der Waals surface area (Å²) >= 11 is 0. The van der Waals surface area contributed by atoms with Gasteiger partial charge in [-0.2, -0.15) is 37.1 Å². The first-order valence-corrected chi connectivity index (χ1v) is 20.4. The third-order valence-corrected chi connectivity index (χ3v) is 11.2. The Morgan fingerprint density at radius 1 is 0.660 bits per heavy atom. The Morgan fingerprint density at radius 3 is 2.02 bits per heavy atom. The molecule has 0 atom stereocenters. The third-order valence-electron chi connectivity index (χ3n) is 9.20. The molecule has 3 aromatic heterocycles. The van der Waals surface area contributed by atoms with E-state index in [9.17, 15) is 0 Å². The maximum atomic E-state index is 6.48. The van der Waals surface area contributed by atoms with Crippen LogP contribution in [0.4, 0.5) is 0 Å². The van der Waals surface area contributed by atoms with E-state index in [2.05, 4.69) is 141 Å². The molecule has 0 N–H and O–H groups in total. The average molecular weight is 851 g/mol. The van der Waals surface area contributed by atoms with E-state index in [1.807, 2.05) is 51.7 Å². The van der Waals surface area contributed by atoms with Crippen LogP contribution in [0.3, 0.4) is 0 Å². The summed E-state index contributed by atoms with van der Waals surface area (Å²) in [5, 5.41) is 3.70. The molecule has 0 aliphatic carbocycles. The number of rotatable bonds is 5. The van der Waals surface area contributed by atoms with E-state index >= 15 is 0 Å². The van der Waals surface area contributed by atoms with E-state index in [1.165, 1.54) is 21.9 Å². The molecule has 0 saturated carbocycles. The van der Waals surface area contributed by atoms with Crippen LogP contribution in [0, 0.1) is 34.9 Å². The molecular weight excluding hydrogens is 805 g/mol. The van der Waals surface area contributed by atoms with Gasteiger partial charge in [0.1, 0.15) is 5.58 Å². The molecule has 5 heteroatoms. The van der Waals surface area contributed by atoms with Gasteiger partial charge in [-0.25, -0.2) is 0 Å². The zero-order valence-electron chi connectivity index (χ0n) is 30.0. The van der Waals surface area contributed by atoms with Gasteiger partial charge in [-0.05, 0) is 16.7 Å². The first kappa shape index (κ1) is 36.6. The van der Waals surface area contributed by atoms with Crippen molar-refractivity contribution in [3.05, 3.63) is 166 Å². The van der Waals surface area contributed by atoms with Gasteiger partial charge in [0.25, 0.3) is 0 Å². The van der Waals surface area contributed by atoms with Crippen molar-refractivity contribution in [1.82, 2.24) is 0 Å². The van der Waals surface area contributed by atoms with Gasteiger partial charge < -0.3 is 13.6 Å². The van der Waals surface area contributed by atoms with E-state index < -0.39 is 8.07 Å². The molecule has 0 amide bonds. The molecule has 0 saturated heterocycles. The van der Waals surface area contributed by atoms with Gasteiger partial charge in [-0.3, -0.25) is 0 Å². The summed E-state index contributed by atoms with van der Waals surface area (Å²) in [5.74, 6) is 0.514. The summed E-state index contributed by atoms with van der Waals surface area (Å²) in [6.45, 7) is 22.3. The molecule has 4 aromatic carbocycles. The van der Waals surface area contributed by atoms with Crippen molar-refractivity contribution in [3.8, 4) is 33.6 Å². The van der Waals surface area contributed by atoms with Crippen LogP contribution in [-0.4, -0.2) is 8.07 Å². The Labute approximate surface area is 313 Å². The van der Waals surface area contributed by atoms with Crippen LogP contribution in [0.15, 0.2) is 120 Å². The number of aromatic nitrogens is 2. The van der Waals surface area contributed by atoms with E-state index in [0.29, 0.717) is 5.92 Å². The smallest absolute Gasteiger partial charge is 0.141 e. The van der Waals surface area contributed by atoms with Crippen LogP contribution in [-0.2, 0) is 20.1 Å². The Bertz CT molecular complexity index is 2300. The van der Waals surface area contributed by atoms with Gasteiger partial charge in [-0.15, -0.1) is 23.3 Å². The van der Waals surface area contributed by atoms with E-state index in [1.54, 1.807) is 0 Å². The van der Waals surface area contributed by atoms with Crippen LogP contribution in [0.25, 0.3) is 55.6 Å². The molecular formula is C45H46IrN2OSi-2. The summed E-state index contributed by atoms with van der Waals surface area (Å²) in [4.78, 5) is 0. The molecule has 7 aromatic rings. The second kappa shape index (κ2) is 14.7. The summed E-state index contributed by atoms with van der Waals surface area (Å²) in [7, 11) is 6.96. The van der Waals surface area contributed by atoms with Gasteiger partial charge >= 0.3 is 0 Å². The number of hydrogen-bond donors (Lipinski definition) is 0. The topological polar surface area (TPSA) is 20.9 Å². The zero-order chi connectivity index (χ0) is 35.0. The number of para-hydroxylation sites is 1. The third kappa shape index (κ3) is 7.13. The maximum absolute atomic E-state index is 6.48. The molecule has 0 spiro atoms. The number of furan rings is 1. The van der Waals surface area contributed by atoms with E-state index in [0.717, 1.165) is 61.1 Å².